The van der Waals surface area contributed by atoms with Crippen LogP contribution < -0.4 is 0 Å². The third-order valence-corrected chi connectivity index (χ3v) is 9.77. The molecule has 0 aromatic heterocycles. The number of hydrogen-bond acceptors (Lipinski definition) is 6. The SMILES string of the molecule is CC/C=C\C/C=C\C/C=C\C/C=C\C/C=C\CCCC(=O)Cc1ccc(O)c(C(C)=O)c1.CC/C=C\C/C=C\C/C=C\CCCCCCCC(=O)Cc1ccc(O)c(C(C)=O)c1. The molecule has 0 aliphatic carbocycles. The zero-order valence-corrected chi connectivity index (χ0v) is 38.4. The van der Waals surface area contributed by atoms with Crippen LogP contribution in [0.1, 0.15) is 175 Å². The van der Waals surface area contributed by atoms with Gasteiger partial charge in [-0.1, -0.05) is 142 Å². The Labute approximate surface area is 374 Å². The van der Waals surface area contributed by atoms with Crippen LogP contribution in [0.15, 0.2) is 134 Å². The van der Waals surface area contributed by atoms with Crippen molar-refractivity contribution in [3.63, 3.8) is 0 Å². The maximum atomic E-state index is 12.1. The molecular formula is C56H76O6. The largest absolute Gasteiger partial charge is 0.507 e. The van der Waals surface area contributed by atoms with Gasteiger partial charge in [0.05, 0.1) is 11.1 Å². The summed E-state index contributed by atoms with van der Waals surface area (Å²) in [5.41, 5.74) is 2.12. The van der Waals surface area contributed by atoms with Crippen molar-refractivity contribution in [2.24, 2.45) is 0 Å². The summed E-state index contributed by atoms with van der Waals surface area (Å²) in [5.74, 6) is -0.103. The number of ketones is 4. The highest BCUT2D eigenvalue weighted by Gasteiger charge is 2.11. The van der Waals surface area contributed by atoms with E-state index in [0.29, 0.717) is 25.7 Å². The Kier molecular flexibility index (Phi) is 33.0. The van der Waals surface area contributed by atoms with Gasteiger partial charge in [-0.3, -0.25) is 19.2 Å². The summed E-state index contributed by atoms with van der Waals surface area (Å²) in [6.07, 6.45) is 53.3. The second-order valence-corrected chi connectivity index (χ2v) is 15.4. The van der Waals surface area contributed by atoms with Crippen molar-refractivity contribution in [2.75, 3.05) is 0 Å². The summed E-state index contributed by atoms with van der Waals surface area (Å²) < 4.78 is 0. The van der Waals surface area contributed by atoms with Gasteiger partial charge in [-0.15, -0.1) is 0 Å². The van der Waals surface area contributed by atoms with Crippen molar-refractivity contribution in [3.05, 3.63) is 156 Å². The molecule has 0 atom stereocenters. The van der Waals surface area contributed by atoms with Gasteiger partial charge in [0.1, 0.15) is 23.1 Å². The van der Waals surface area contributed by atoms with Gasteiger partial charge in [-0.2, -0.15) is 0 Å². The number of Topliss-reactive ketones (excluding diaryl/α,β-unsaturated/α-hetero) is 4. The molecule has 0 fully saturated rings. The number of carbonyl (C=O) groups is 4. The van der Waals surface area contributed by atoms with E-state index >= 15 is 0 Å². The fourth-order valence-electron chi connectivity index (χ4n) is 6.31. The lowest BCUT2D eigenvalue weighted by molar-refractivity contribution is -0.119. The van der Waals surface area contributed by atoms with E-state index in [0.717, 1.165) is 94.6 Å². The van der Waals surface area contributed by atoms with E-state index in [1.54, 1.807) is 24.3 Å². The highest BCUT2D eigenvalue weighted by Crippen LogP contribution is 2.21. The molecule has 0 aliphatic heterocycles. The van der Waals surface area contributed by atoms with E-state index in [9.17, 15) is 29.4 Å². The van der Waals surface area contributed by atoms with Gasteiger partial charge in [0, 0.05) is 25.7 Å². The first-order chi connectivity index (χ1) is 30.1. The van der Waals surface area contributed by atoms with E-state index in [2.05, 4.69) is 111 Å². The first kappa shape index (κ1) is 54.7. The predicted octanol–water partition coefficient (Wildman–Crippen LogP) is 14.9. The quantitative estimate of drug-likeness (QED) is 0.0431. The zero-order chi connectivity index (χ0) is 45.5. The maximum Gasteiger partial charge on any atom is 0.163 e. The number of unbranched alkanes of at least 4 members (excludes halogenated alkanes) is 6. The summed E-state index contributed by atoms with van der Waals surface area (Å²) in [5, 5.41) is 19.4. The monoisotopic (exact) mass is 845 g/mol. The fraction of sp³-hybridized carbons (Fsp3) is 0.429. The fourth-order valence-corrected chi connectivity index (χ4v) is 6.31. The smallest absolute Gasteiger partial charge is 0.163 e. The topological polar surface area (TPSA) is 109 Å². The van der Waals surface area contributed by atoms with Crippen LogP contribution in [-0.4, -0.2) is 33.3 Å². The summed E-state index contributed by atoms with van der Waals surface area (Å²) in [6.45, 7) is 7.12. The predicted molar refractivity (Wildman–Crippen MR) is 261 cm³/mol. The van der Waals surface area contributed by atoms with Crippen molar-refractivity contribution < 1.29 is 29.4 Å². The average Bonchev–Trinajstić information content (AvgIpc) is 3.24. The molecule has 336 valence electrons. The van der Waals surface area contributed by atoms with Gasteiger partial charge >= 0.3 is 0 Å². The number of aromatic hydroxyl groups is 2. The molecule has 0 spiro atoms. The minimum Gasteiger partial charge on any atom is -0.507 e. The summed E-state index contributed by atoms with van der Waals surface area (Å²) >= 11 is 0. The molecule has 0 saturated heterocycles. The van der Waals surface area contributed by atoms with Crippen LogP contribution in [0.25, 0.3) is 0 Å². The maximum absolute atomic E-state index is 12.1. The number of carbonyl (C=O) groups excluding carboxylic acids is 4. The van der Waals surface area contributed by atoms with Crippen LogP contribution in [0.3, 0.4) is 0 Å². The number of phenolic OH excluding ortho intramolecular Hbond substituents is 2. The highest BCUT2D eigenvalue weighted by molar-refractivity contribution is 5.97. The van der Waals surface area contributed by atoms with Crippen LogP contribution in [0, 0.1) is 0 Å². The molecule has 0 unspecified atom stereocenters. The summed E-state index contributed by atoms with van der Waals surface area (Å²) in [7, 11) is 0. The van der Waals surface area contributed by atoms with Crippen LogP contribution in [0.5, 0.6) is 11.5 Å². The molecule has 0 bridgehead atoms. The van der Waals surface area contributed by atoms with E-state index in [4.69, 9.17) is 0 Å². The van der Waals surface area contributed by atoms with Crippen molar-refractivity contribution in [1.82, 2.24) is 0 Å². The van der Waals surface area contributed by atoms with Crippen LogP contribution in [-0.2, 0) is 22.4 Å². The lowest BCUT2D eigenvalue weighted by atomic mass is 10.00. The Morgan fingerprint density at radius 3 is 1.13 bits per heavy atom. The lowest BCUT2D eigenvalue weighted by Gasteiger charge is -2.05. The van der Waals surface area contributed by atoms with Crippen LogP contribution >= 0.6 is 0 Å². The Morgan fingerprint density at radius 1 is 0.419 bits per heavy atom. The molecule has 0 amide bonds. The minimum atomic E-state index is -0.199. The molecule has 6 heteroatoms. The summed E-state index contributed by atoms with van der Waals surface area (Å²) in [4.78, 5) is 47.3. The third-order valence-electron chi connectivity index (χ3n) is 9.77. The molecule has 2 N–H and O–H groups in total. The van der Waals surface area contributed by atoms with E-state index in [-0.39, 0.29) is 45.8 Å². The molecule has 2 aromatic carbocycles. The second kappa shape index (κ2) is 37.4. The molecule has 62 heavy (non-hydrogen) atoms. The highest BCUT2D eigenvalue weighted by atomic mass is 16.3. The molecule has 2 aromatic rings. The molecular weight excluding hydrogens is 769 g/mol. The standard InChI is InChI=1S/C29H38O3.C27H38O3/c1-3-4-5-6-7-8-9-10-11-12-13-14-15-16-17-18-19-20-27(31)23-26-21-22-29(32)28(24-26)25(2)30;1-3-4-5-6-7-8-9-10-11-12-13-14-15-16-17-18-25(29)21-24-19-20-27(30)26(22-24)23(2)28/h4-5,7-8,10-11,13-14,16-17,21-22,24,32H,3,6,9,12,15,18-20,23H2,1-2H3;4-5,7-8,10-11,19-20,22,30H,3,6,9,12-18,21H2,1-2H3/b5-4-,8-7-,11-10-,14-13-,17-16-;5-4-,8-7-,11-10-. The zero-order valence-electron chi connectivity index (χ0n) is 38.4. The molecule has 0 aliphatic rings. The number of rotatable bonds is 32. The van der Waals surface area contributed by atoms with Gasteiger partial charge < -0.3 is 10.2 Å². The Hall–Kier alpha value is -5.36. The van der Waals surface area contributed by atoms with E-state index in [1.165, 1.54) is 45.2 Å². The van der Waals surface area contributed by atoms with E-state index in [1.807, 2.05) is 0 Å². The lowest BCUT2D eigenvalue weighted by Crippen LogP contribution is -2.04. The number of hydrogen-bond donors (Lipinski definition) is 2. The van der Waals surface area contributed by atoms with Crippen molar-refractivity contribution in [1.29, 1.82) is 0 Å². The Bertz CT molecular complexity index is 1830. The third kappa shape index (κ3) is 29.8. The van der Waals surface area contributed by atoms with Crippen molar-refractivity contribution in [3.8, 4) is 11.5 Å². The van der Waals surface area contributed by atoms with Crippen molar-refractivity contribution in [2.45, 2.75) is 156 Å². The average molecular weight is 845 g/mol. The van der Waals surface area contributed by atoms with E-state index < -0.39 is 0 Å². The van der Waals surface area contributed by atoms with Gasteiger partial charge in [0.15, 0.2) is 11.6 Å². The van der Waals surface area contributed by atoms with Crippen LogP contribution in [0.2, 0.25) is 0 Å². The molecule has 0 radical (unpaired) electrons. The number of allylic oxidation sites excluding steroid dienone is 16. The number of benzene rings is 2. The van der Waals surface area contributed by atoms with Gasteiger partial charge in [0.25, 0.3) is 0 Å². The van der Waals surface area contributed by atoms with Gasteiger partial charge in [-0.25, -0.2) is 0 Å². The first-order valence-electron chi connectivity index (χ1n) is 23.0. The minimum absolute atomic E-state index is 0.0233. The molecule has 0 heterocycles. The van der Waals surface area contributed by atoms with Crippen LogP contribution in [0.4, 0.5) is 0 Å². The molecule has 6 nitrogen and oxygen atoms in total. The Morgan fingerprint density at radius 2 is 0.742 bits per heavy atom. The van der Waals surface area contributed by atoms with Gasteiger partial charge in [-0.05, 0) is 133 Å². The second-order valence-electron chi connectivity index (χ2n) is 15.4. The molecule has 2 rings (SSSR count). The molecule has 0 saturated carbocycles. The Balaban J connectivity index is 0.000000621. The normalized spacial score (nSPS) is 12.1. The van der Waals surface area contributed by atoms with Crippen molar-refractivity contribution >= 4 is 23.1 Å². The van der Waals surface area contributed by atoms with Gasteiger partial charge in [0.2, 0.25) is 0 Å². The number of phenols is 2. The summed E-state index contributed by atoms with van der Waals surface area (Å²) in [6, 6.07) is 9.63. The first-order valence-corrected chi connectivity index (χ1v) is 23.0.